The molecular weight excluding hydrogens is 228 g/mol. The van der Waals surface area contributed by atoms with Gasteiger partial charge in [-0.25, -0.2) is 0 Å². The summed E-state index contributed by atoms with van der Waals surface area (Å²) < 4.78 is 6.29. The number of rotatable bonds is 4. The van der Waals surface area contributed by atoms with Crippen molar-refractivity contribution in [1.82, 2.24) is 0 Å². The minimum atomic E-state index is -1.62. The van der Waals surface area contributed by atoms with Crippen molar-refractivity contribution in [2.24, 2.45) is 11.8 Å². The summed E-state index contributed by atoms with van der Waals surface area (Å²) in [5, 5.41) is 10.1. The van der Waals surface area contributed by atoms with E-state index in [1.54, 1.807) is 0 Å². The van der Waals surface area contributed by atoms with E-state index < -0.39 is 8.32 Å². The molecule has 1 fully saturated rings. The van der Waals surface area contributed by atoms with Crippen molar-refractivity contribution in [2.45, 2.75) is 71.2 Å². The van der Waals surface area contributed by atoms with Gasteiger partial charge < -0.3 is 9.53 Å². The summed E-state index contributed by atoms with van der Waals surface area (Å²) in [7, 11) is -1.62. The zero-order chi connectivity index (χ0) is 13.3. The minimum Gasteiger partial charge on any atom is -0.417 e. The van der Waals surface area contributed by atoms with Crippen molar-refractivity contribution in [2.75, 3.05) is 6.61 Å². The summed E-state index contributed by atoms with van der Waals surface area (Å²) in [5.74, 6) is 1.03. The van der Waals surface area contributed by atoms with E-state index in [4.69, 9.17) is 4.43 Å². The van der Waals surface area contributed by atoms with Gasteiger partial charge in [-0.1, -0.05) is 27.2 Å². The highest BCUT2D eigenvalue weighted by molar-refractivity contribution is 6.74. The lowest BCUT2D eigenvalue weighted by atomic mass is 9.92. The molecule has 0 radical (unpaired) electrons. The quantitative estimate of drug-likeness (QED) is 0.777. The molecule has 0 aliphatic heterocycles. The molecule has 0 saturated heterocycles. The first-order valence-corrected chi connectivity index (χ1v) is 9.88. The summed E-state index contributed by atoms with van der Waals surface area (Å²) >= 11 is 0. The van der Waals surface area contributed by atoms with Crippen LogP contribution >= 0.6 is 0 Å². The third-order valence-corrected chi connectivity index (χ3v) is 9.30. The fourth-order valence-corrected chi connectivity index (χ4v) is 3.50. The maximum atomic E-state index is 9.77. The highest BCUT2D eigenvalue weighted by Gasteiger charge is 2.39. The van der Waals surface area contributed by atoms with Crippen molar-refractivity contribution in [3.8, 4) is 0 Å². The largest absolute Gasteiger partial charge is 0.417 e. The Morgan fingerprint density at radius 1 is 1.29 bits per heavy atom. The number of hydrogen-bond donors (Lipinski definition) is 1. The maximum Gasteiger partial charge on any atom is 0.191 e. The molecular formula is C14H30O2Si. The Labute approximate surface area is 108 Å². The van der Waals surface area contributed by atoms with Gasteiger partial charge in [-0.05, 0) is 49.7 Å². The van der Waals surface area contributed by atoms with Crippen LogP contribution in [-0.4, -0.2) is 26.1 Å². The SMILES string of the molecule is CC(O)[C@@H]1CCC[C@H]1CO[Si](C)(C)C(C)(C)C. The van der Waals surface area contributed by atoms with Gasteiger partial charge >= 0.3 is 0 Å². The van der Waals surface area contributed by atoms with E-state index in [1.165, 1.54) is 19.3 Å². The molecule has 17 heavy (non-hydrogen) atoms. The second-order valence-electron chi connectivity index (χ2n) is 7.17. The molecule has 2 nitrogen and oxygen atoms in total. The van der Waals surface area contributed by atoms with Crippen LogP contribution in [0.5, 0.6) is 0 Å². The molecule has 3 heteroatoms. The minimum absolute atomic E-state index is 0.175. The van der Waals surface area contributed by atoms with Crippen LogP contribution in [0, 0.1) is 11.8 Å². The molecule has 0 amide bonds. The zero-order valence-electron chi connectivity index (χ0n) is 12.4. The Morgan fingerprint density at radius 3 is 2.35 bits per heavy atom. The van der Waals surface area contributed by atoms with Crippen LogP contribution in [0.1, 0.15) is 47.0 Å². The van der Waals surface area contributed by atoms with Crippen molar-refractivity contribution >= 4 is 8.32 Å². The second kappa shape index (κ2) is 5.41. The molecule has 1 aliphatic rings. The number of aliphatic hydroxyl groups excluding tert-OH is 1. The third kappa shape index (κ3) is 3.80. The van der Waals surface area contributed by atoms with Crippen LogP contribution in [0.3, 0.4) is 0 Å². The van der Waals surface area contributed by atoms with Gasteiger partial charge in [0, 0.05) is 6.61 Å². The molecule has 102 valence electrons. The van der Waals surface area contributed by atoms with E-state index in [0.717, 1.165) is 6.61 Å². The van der Waals surface area contributed by atoms with Gasteiger partial charge in [-0.2, -0.15) is 0 Å². The predicted molar refractivity (Wildman–Crippen MR) is 75.7 cm³/mol. The average Bonchev–Trinajstić information content (AvgIpc) is 2.60. The fraction of sp³-hybridized carbons (Fsp3) is 1.00. The molecule has 0 heterocycles. The molecule has 0 aromatic rings. The van der Waals surface area contributed by atoms with E-state index in [-0.39, 0.29) is 11.1 Å². The molecule has 1 unspecified atom stereocenters. The van der Waals surface area contributed by atoms with Crippen molar-refractivity contribution in [3.05, 3.63) is 0 Å². The van der Waals surface area contributed by atoms with Gasteiger partial charge in [0.25, 0.3) is 0 Å². The van der Waals surface area contributed by atoms with Crippen molar-refractivity contribution in [3.63, 3.8) is 0 Å². The van der Waals surface area contributed by atoms with E-state index in [2.05, 4.69) is 33.9 Å². The summed E-state index contributed by atoms with van der Waals surface area (Å²) in [6.07, 6.45) is 3.47. The molecule has 0 spiro atoms. The maximum absolute atomic E-state index is 9.77. The summed E-state index contributed by atoms with van der Waals surface area (Å²) in [6, 6.07) is 0. The lowest BCUT2D eigenvalue weighted by Crippen LogP contribution is -2.42. The summed E-state index contributed by atoms with van der Waals surface area (Å²) in [6.45, 7) is 14.2. The second-order valence-corrected chi connectivity index (χ2v) is 12.0. The van der Waals surface area contributed by atoms with Crippen LogP contribution < -0.4 is 0 Å². The highest BCUT2D eigenvalue weighted by Crippen LogP contribution is 2.39. The van der Waals surface area contributed by atoms with Gasteiger partial charge in [0.1, 0.15) is 0 Å². The normalized spacial score (nSPS) is 28.4. The van der Waals surface area contributed by atoms with E-state index >= 15 is 0 Å². The van der Waals surface area contributed by atoms with E-state index in [1.807, 2.05) is 6.92 Å². The van der Waals surface area contributed by atoms with Crippen LogP contribution in [-0.2, 0) is 4.43 Å². The molecule has 1 saturated carbocycles. The van der Waals surface area contributed by atoms with E-state index in [0.29, 0.717) is 11.8 Å². The van der Waals surface area contributed by atoms with Crippen molar-refractivity contribution in [1.29, 1.82) is 0 Å². The first-order valence-electron chi connectivity index (χ1n) is 6.97. The lowest BCUT2D eigenvalue weighted by molar-refractivity contribution is 0.0795. The topological polar surface area (TPSA) is 29.5 Å². The molecule has 3 atom stereocenters. The molecule has 0 aromatic carbocycles. The molecule has 1 aliphatic carbocycles. The van der Waals surface area contributed by atoms with Gasteiger partial charge in [0.15, 0.2) is 8.32 Å². The van der Waals surface area contributed by atoms with Gasteiger partial charge in [0.2, 0.25) is 0 Å². The summed E-state index contributed by atoms with van der Waals surface area (Å²) in [4.78, 5) is 0. The van der Waals surface area contributed by atoms with Crippen LogP contribution in [0.4, 0.5) is 0 Å². The van der Waals surface area contributed by atoms with Gasteiger partial charge in [0.05, 0.1) is 6.10 Å². The van der Waals surface area contributed by atoms with Crippen LogP contribution in [0.25, 0.3) is 0 Å². The van der Waals surface area contributed by atoms with Crippen molar-refractivity contribution < 1.29 is 9.53 Å². The standard InChI is InChI=1S/C14H30O2Si/c1-11(15)13-9-7-8-12(13)10-16-17(5,6)14(2,3)4/h11-13,15H,7-10H2,1-6H3/t11?,12-,13-/m0/s1. The first-order chi connectivity index (χ1) is 7.65. The molecule has 1 rings (SSSR count). The first kappa shape index (κ1) is 15.2. The average molecular weight is 258 g/mol. The lowest BCUT2D eigenvalue weighted by Gasteiger charge is -2.37. The smallest absolute Gasteiger partial charge is 0.191 e. The Balaban J connectivity index is 2.51. The Morgan fingerprint density at radius 2 is 1.88 bits per heavy atom. The zero-order valence-corrected chi connectivity index (χ0v) is 13.4. The Bertz CT molecular complexity index is 243. The fourth-order valence-electron chi connectivity index (χ4n) is 2.44. The molecule has 1 N–H and O–H groups in total. The Kier molecular flexibility index (Phi) is 4.84. The Hall–Kier alpha value is 0.137. The van der Waals surface area contributed by atoms with E-state index in [9.17, 15) is 5.11 Å². The van der Waals surface area contributed by atoms with Gasteiger partial charge in [-0.15, -0.1) is 0 Å². The number of aliphatic hydroxyl groups is 1. The summed E-state index contributed by atoms with van der Waals surface area (Å²) in [5.41, 5.74) is 0. The monoisotopic (exact) mass is 258 g/mol. The number of hydrogen-bond acceptors (Lipinski definition) is 2. The van der Waals surface area contributed by atoms with Gasteiger partial charge in [-0.3, -0.25) is 0 Å². The molecule has 0 bridgehead atoms. The highest BCUT2D eigenvalue weighted by atomic mass is 28.4. The van der Waals surface area contributed by atoms with Crippen LogP contribution in [0.2, 0.25) is 18.1 Å². The molecule has 0 aromatic heterocycles. The van der Waals surface area contributed by atoms with Crippen LogP contribution in [0.15, 0.2) is 0 Å². The third-order valence-electron chi connectivity index (χ3n) is 4.80. The predicted octanol–water partition coefficient (Wildman–Crippen LogP) is 3.81.